The zero-order chi connectivity index (χ0) is 21.8. The van der Waals surface area contributed by atoms with Gasteiger partial charge < -0.3 is 4.74 Å². The number of rotatable bonds is 6. The average Bonchev–Trinajstić information content (AvgIpc) is 3.25. The Kier molecular flexibility index (Phi) is 6.56. The van der Waals surface area contributed by atoms with E-state index in [0.29, 0.717) is 20.9 Å². The summed E-state index contributed by atoms with van der Waals surface area (Å²) in [4.78, 5) is 17.0. The minimum atomic E-state index is -0.754. The number of thiazole rings is 1. The number of hydrogen-bond acceptors (Lipinski definition) is 4. The molecule has 0 saturated carbocycles. The van der Waals surface area contributed by atoms with Crippen molar-refractivity contribution in [3.05, 3.63) is 88.2 Å². The van der Waals surface area contributed by atoms with E-state index in [-0.39, 0.29) is 5.91 Å². The summed E-state index contributed by atoms with van der Waals surface area (Å²) in [5, 5.41) is 6.06. The van der Waals surface area contributed by atoms with Crippen molar-refractivity contribution in [2.75, 3.05) is 5.32 Å². The van der Waals surface area contributed by atoms with Crippen molar-refractivity contribution >= 4 is 45.6 Å². The molecule has 4 rings (SSSR count). The Hall–Kier alpha value is -2.86. The molecule has 3 aromatic carbocycles. The normalized spacial score (nSPS) is 11.7. The molecule has 0 fully saturated rings. The van der Waals surface area contributed by atoms with Crippen LogP contribution in [0.15, 0.2) is 78.2 Å². The second-order valence-electron chi connectivity index (χ2n) is 6.81. The van der Waals surface area contributed by atoms with Gasteiger partial charge in [0.1, 0.15) is 5.75 Å². The smallest absolute Gasteiger partial charge is 0.266 e. The first kappa shape index (κ1) is 21.4. The lowest BCUT2D eigenvalue weighted by Gasteiger charge is -2.14. The summed E-state index contributed by atoms with van der Waals surface area (Å²) in [6.07, 6.45) is -0.754. The molecule has 0 bridgehead atoms. The third-order valence-corrected chi connectivity index (χ3v) is 5.88. The number of ether oxygens (including phenoxy) is 1. The van der Waals surface area contributed by atoms with Crippen LogP contribution in [0.1, 0.15) is 6.92 Å². The Morgan fingerprint density at radius 3 is 2.35 bits per heavy atom. The Bertz CT molecular complexity index is 1190. The molecule has 0 radical (unpaired) electrons. The second-order valence-corrected chi connectivity index (χ2v) is 8.51. The van der Waals surface area contributed by atoms with Gasteiger partial charge in [0.05, 0.1) is 10.7 Å². The number of benzene rings is 3. The molecule has 156 valence electrons. The largest absolute Gasteiger partial charge is 0.479 e. The van der Waals surface area contributed by atoms with Crippen LogP contribution in [0.3, 0.4) is 0 Å². The molecule has 4 nitrogen and oxygen atoms in total. The van der Waals surface area contributed by atoms with Crippen LogP contribution in [0.25, 0.3) is 22.4 Å². The lowest BCUT2D eigenvalue weighted by molar-refractivity contribution is -0.122. The highest BCUT2D eigenvalue weighted by Crippen LogP contribution is 2.30. The molecular weight excluding hydrogens is 451 g/mol. The average molecular weight is 469 g/mol. The zero-order valence-corrected chi connectivity index (χ0v) is 18.8. The monoisotopic (exact) mass is 468 g/mol. The van der Waals surface area contributed by atoms with Gasteiger partial charge >= 0.3 is 0 Å². The van der Waals surface area contributed by atoms with Crippen LogP contribution in [-0.4, -0.2) is 17.0 Å². The molecule has 1 atom stereocenters. The van der Waals surface area contributed by atoms with Gasteiger partial charge in [0, 0.05) is 16.0 Å². The molecular formula is C24H18Cl2N2O2S. The van der Waals surface area contributed by atoms with Gasteiger partial charge in [-0.25, -0.2) is 4.98 Å². The number of amides is 1. The maximum atomic E-state index is 12.5. The number of nitrogens with one attached hydrogen (secondary N) is 1. The predicted octanol–water partition coefficient (Wildman–Crippen LogP) is 7.19. The first-order valence-electron chi connectivity index (χ1n) is 9.53. The van der Waals surface area contributed by atoms with E-state index in [9.17, 15) is 4.79 Å². The van der Waals surface area contributed by atoms with Crippen LogP contribution in [-0.2, 0) is 4.79 Å². The molecule has 0 saturated heterocycles. The fourth-order valence-corrected chi connectivity index (χ4v) is 4.13. The van der Waals surface area contributed by atoms with Gasteiger partial charge in [-0.15, -0.1) is 11.3 Å². The molecule has 0 unspecified atom stereocenters. The molecule has 1 N–H and O–H groups in total. The van der Waals surface area contributed by atoms with E-state index in [0.717, 1.165) is 22.4 Å². The minimum Gasteiger partial charge on any atom is -0.479 e. The summed E-state index contributed by atoms with van der Waals surface area (Å²) in [5.74, 6) is 0.0818. The minimum absolute atomic E-state index is 0.314. The number of carbonyl (C=O) groups excluding carboxylic acids is 1. The quantitative estimate of drug-likeness (QED) is 0.325. The number of anilines is 1. The third-order valence-electron chi connectivity index (χ3n) is 4.59. The first-order chi connectivity index (χ1) is 15.0. The van der Waals surface area contributed by atoms with E-state index in [1.54, 1.807) is 25.1 Å². The molecule has 0 aliphatic heterocycles. The number of hydrogen-bond donors (Lipinski definition) is 1. The summed E-state index contributed by atoms with van der Waals surface area (Å²) in [6, 6.07) is 23.2. The van der Waals surface area contributed by atoms with Crippen LogP contribution < -0.4 is 10.1 Å². The van der Waals surface area contributed by atoms with E-state index < -0.39 is 6.10 Å². The van der Waals surface area contributed by atoms with E-state index in [1.165, 1.54) is 11.3 Å². The molecule has 1 aromatic heterocycles. The van der Waals surface area contributed by atoms with Gasteiger partial charge in [-0.05, 0) is 36.2 Å². The van der Waals surface area contributed by atoms with Crippen LogP contribution >= 0.6 is 34.5 Å². The molecule has 0 aliphatic carbocycles. The van der Waals surface area contributed by atoms with E-state index in [2.05, 4.69) is 34.6 Å². The number of halogens is 2. The zero-order valence-electron chi connectivity index (χ0n) is 16.5. The molecule has 7 heteroatoms. The number of nitrogens with zero attached hydrogens (tertiary/aromatic N) is 1. The molecule has 1 heterocycles. The van der Waals surface area contributed by atoms with Crippen molar-refractivity contribution in [3.63, 3.8) is 0 Å². The lowest BCUT2D eigenvalue weighted by Crippen LogP contribution is -2.30. The highest BCUT2D eigenvalue weighted by Gasteiger charge is 2.18. The van der Waals surface area contributed by atoms with Crippen LogP contribution in [0.4, 0.5) is 5.13 Å². The van der Waals surface area contributed by atoms with Gasteiger partial charge in [0.25, 0.3) is 5.91 Å². The van der Waals surface area contributed by atoms with E-state index in [1.807, 2.05) is 35.7 Å². The van der Waals surface area contributed by atoms with Crippen LogP contribution in [0.5, 0.6) is 5.75 Å². The van der Waals surface area contributed by atoms with E-state index >= 15 is 0 Å². The fourth-order valence-electron chi connectivity index (χ4n) is 2.95. The SMILES string of the molecule is C[C@H](Oc1ccc(Cl)cc1Cl)C(=O)Nc1nc(-c2ccc(-c3ccccc3)cc2)cs1. The molecule has 0 spiro atoms. The van der Waals surface area contributed by atoms with Gasteiger partial charge in [-0.1, -0.05) is 77.8 Å². The molecule has 31 heavy (non-hydrogen) atoms. The van der Waals surface area contributed by atoms with Crippen molar-refractivity contribution in [3.8, 4) is 28.1 Å². The van der Waals surface area contributed by atoms with Crippen molar-refractivity contribution < 1.29 is 9.53 Å². The van der Waals surface area contributed by atoms with Crippen LogP contribution in [0.2, 0.25) is 10.0 Å². The third kappa shape index (κ3) is 5.25. The topological polar surface area (TPSA) is 51.2 Å². The summed E-state index contributed by atoms with van der Waals surface area (Å²) < 4.78 is 5.65. The van der Waals surface area contributed by atoms with Gasteiger partial charge in [0.15, 0.2) is 11.2 Å². The summed E-state index contributed by atoms with van der Waals surface area (Å²) in [5.41, 5.74) is 4.08. The van der Waals surface area contributed by atoms with Gasteiger partial charge in [-0.2, -0.15) is 0 Å². The Balaban J connectivity index is 1.41. The lowest BCUT2D eigenvalue weighted by atomic mass is 10.0. The Morgan fingerprint density at radius 2 is 1.65 bits per heavy atom. The molecule has 0 aliphatic rings. The molecule has 4 aromatic rings. The van der Waals surface area contributed by atoms with E-state index in [4.69, 9.17) is 27.9 Å². The highest BCUT2D eigenvalue weighted by molar-refractivity contribution is 7.14. The Labute approximate surface area is 194 Å². The summed E-state index contributed by atoms with van der Waals surface area (Å²) in [7, 11) is 0. The van der Waals surface area contributed by atoms with Crippen molar-refractivity contribution in [1.29, 1.82) is 0 Å². The maximum Gasteiger partial charge on any atom is 0.266 e. The second kappa shape index (κ2) is 9.52. The van der Waals surface area contributed by atoms with Crippen molar-refractivity contribution in [2.24, 2.45) is 0 Å². The predicted molar refractivity (Wildman–Crippen MR) is 128 cm³/mol. The van der Waals surface area contributed by atoms with Gasteiger partial charge in [-0.3, -0.25) is 10.1 Å². The number of aromatic nitrogens is 1. The van der Waals surface area contributed by atoms with Crippen molar-refractivity contribution in [1.82, 2.24) is 4.98 Å². The van der Waals surface area contributed by atoms with Gasteiger partial charge in [0.2, 0.25) is 0 Å². The maximum absolute atomic E-state index is 12.5. The molecule has 1 amide bonds. The standard InChI is InChI=1S/C24H18Cl2N2O2S/c1-15(30-22-12-11-19(25)13-20(22)26)23(29)28-24-27-21(14-31-24)18-9-7-17(8-10-18)16-5-3-2-4-6-16/h2-15H,1H3,(H,27,28,29)/t15-/m0/s1. The Morgan fingerprint density at radius 1 is 0.968 bits per heavy atom. The van der Waals surface area contributed by atoms with Crippen molar-refractivity contribution in [2.45, 2.75) is 13.0 Å². The summed E-state index contributed by atoms with van der Waals surface area (Å²) >= 11 is 13.4. The highest BCUT2D eigenvalue weighted by atomic mass is 35.5. The fraction of sp³-hybridized carbons (Fsp3) is 0.0833. The number of carbonyl (C=O) groups is 1. The first-order valence-corrected chi connectivity index (χ1v) is 11.2. The van der Waals surface area contributed by atoms with Crippen LogP contribution in [0, 0.1) is 0 Å². The summed E-state index contributed by atoms with van der Waals surface area (Å²) in [6.45, 7) is 1.65.